The lowest BCUT2D eigenvalue weighted by Gasteiger charge is -2.34. The van der Waals surface area contributed by atoms with Crippen molar-refractivity contribution >= 4 is 26.9 Å². The van der Waals surface area contributed by atoms with E-state index in [0.717, 1.165) is 18.7 Å². The Kier molecular flexibility index (Phi) is 7.64. The lowest BCUT2D eigenvalue weighted by molar-refractivity contribution is 0.253. The van der Waals surface area contributed by atoms with Crippen molar-refractivity contribution in [3.05, 3.63) is 89.1 Å². The first-order chi connectivity index (χ1) is 20.3. The first-order valence-corrected chi connectivity index (χ1v) is 15.3. The van der Waals surface area contributed by atoms with Gasteiger partial charge in [-0.15, -0.1) is 0 Å². The van der Waals surface area contributed by atoms with Gasteiger partial charge < -0.3 is 21.8 Å². The molecule has 0 spiro atoms. The quantitative estimate of drug-likeness (QED) is 0.203. The third-order valence-electron chi connectivity index (χ3n) is 7.71. The van der Waals surface area contributed by atoms with E-state index in [1.54, 1.807) is 45.6 Å². The van der Waals surface area contributed by atoms with Crippen molar-refractivity contribution in [2.45, 2.75) is 36.9 Å². The Hall–Kier alpha value is -4.30. The number of piperidine rings is 1. The van der Waals surface area contributed by atoms with Gasteiger partial charge in [-0.2, -0.15) is 14.4 Å². The molecular weight excluding hydrogens is 554 g/mol. The maximum absolute atomic E-state index is 14.1. The largest absolute Gasteiger partial charge is 0.384 e. The predicted molar refractivity (Wildman–Crippen MR) is 161 cm³/mol. The van der Waals surface area contributed by atoms with Gasteiger partial charge in [-0.25, -0.2) is 17.9 Å². The van der Waals surface area contributed by atoms with E-state index in [2.05, 4.69) is 20.4 Å². The number of nitrogens with zero attached hydrogens (tertiary/aromatic N) is 5. The summed E-state index contributed by atoms with van der Waals surface area (Å²) in [5.74, 6) is 0.488. The molecule has 0 aliphatic carbocycles. The van der Waals surface area contributed by atoms with Gasteiger partial charge in [0, 0.05) is 36.4 Å². The van der Waals surface area contributed by atoms with Crippen LogP contribution in [0.2, 0.25) is 0 Å². The van der Waals surface area contributed by atoms with Crippen LogP contribution in [0.3, 0.4) is 0 Å². The number of nitrogens with two attached hydrogens (primary N) is 2. The molecule has 3 aromatic heterocycles. The molecule has 0 atom stereocenters. The molecule has 0 bridgehead atoms. The number of hydrogen-bond acceptors (Lipinski definition) is 8. The molecular formula is C29H33N9O3S. The SMILES string of the molecule is NCc1ccc(-n2cc3cc(-c4cccc(S(=O)(=O)N(CCn5nccc5N)C5CCNCC5)c4)[nH]c3nc2=O)cc1. The van der Waals surface area contributed by atoms with Gasteiger partial charge in [0.1, 0.15) is 11.5 Å². The molecule has 1 fully saturated rings. The predicted octanol–water partition coefficient (Wildman–Crippen LogP) is 2.06. The van der Waals surface area contributed by atoms with Crippen molar-refractivity contribution in [2.75, 3.05) is 25.4 Å². The maximum Gasteiger partial charge on any atom is 0.354 e. The van der Waals surface area contributed by atoms with Crippen LogP contribution in [0.5, 0.6) is 0 Å². The van der Waals surface area contributed by atoms with Gasteiger partial charge in [-0.05, 0) is 73.5 Å². The van der Waals surface area contributed by atoms with E-state index in [9.17, 15) is 13.2 Å². The smallest absolute Gasteiger partial charge is 0.354 e. The molecule has 4 heterocycles. The van der Waals surface area contributed by atoms with Crippen LogP contribution in [0.1, 0.15) is 18.4 Å². The zero-order chi connectivity index (χ0) is 29.3. The average Bonchev–Trinajstić information content (AvgIpc) is 3.62. The second-order valence-electron chi connectivity index (χ2n) is 10.4. The van der Waals surface area contributed by atoms with Gasteiger partial charge in [0.05, 0.1) is 23.3 Å². The lowest BCUT2D eigenvalue weighted by Crippen LogP contribution is -2.47. The van der Waals surface area contributed by atoms with E-state index in [4.69, 9.17) is 11.5 Å². The number of fused-ring (bicyclic) bond motifs is 1. The minimum atomic E-state index is -3.85. The molecule has 1 aliphatic rings. The van der Waals surface area contributed by atoms with Crippen LogP contribution in [0, 0.1) is 0 Å². The maximum atomic E-state index is 14.1. The highest BCUT2D eigenvalue weighted by atomic mass is 32.2. The number of anilines is 1. The number of aromatic nitrogens is 5. The fraction of sp³-hybridized carbons (Fsp3) is 0.276. The fourth-order valence-corrected chi connectivity index (χ4v) is 7.13. The van der Waals surface area contributed by atoms with Crippen molar-refractivity contribution in [3.8, 4) is 16.9 Å². The highest BCUT2D eigenvalue weighted by molar-refractivity contribution is 7.89. The number of nitrogens with one attached hydrogen (secondary N) is 2. The molecule has 0 unspecified atom stereocenters. The van der Waals surface area contributed by atoms with E-state index in [0.29, 0.717) is 59.7 Å². The third-order valence-corrected chi connectivity index (χ3v) is 9.66. The Morgan fingerprint density at radius 2 is 1.83 bits per heavy atom. The molecule has 13 heteroatoms. The van der Waals surface area contributed by atoms with Crippen LogP contribution < -0.4 is 22.5 Å². The minimum Gasteiger partial charge on any atom is -0.384 e. The second-order valence-corrected chi connectivity index (χ2v) is 12.2. The van der Waals surface area contributed by atoms with Crippen LogP contribution in [0.25, 0.3) is 28.0 Å². The molecule has 1 saturated heterocycles. The summed E-state index contributed by atoms with van der Waals surface area (Å²) >= 11 is 0. The van der Waals surface area contributed by atoms with Crippen LogP contribution in [0.15, 0.2) is 82.7 Å². The van der Waals surface area contributed by atoms with E-state index < -0.39 is 15.7 Å². The first kappa shape index (κ1) is 27.8. The molecule has 0 radical (unpaired) electrons. The molecule has 5 aromatic rings. The average molecular weight is 588 g/mol. The normalized spacial score (nSPS) is 14.6. The summed E-state index contributed by atoms with van der Waals surface area (Å²) in [6, 6.07) is 17.7. The summed E-state index contributed by atoms with van der Waals surface area (Å²) in [7, 11) is -3.85. The summed E-state index contributed by atoms with van der Waals surface area (Å²) in [5, 5.41) is 8.25. The van der Waals surface area contributed by atoms with Crippen molar-refractivity contribution < 1.29 is 8.42 Å². The standard InChI is InChI=1S/C29H33N9O3S/c30-18-20-4-6-23(7-5-20)36-19-22-17-26(34-28(22)35-29(36)39)21-2-1-3-25(16-21)42(40,41)38(24-8-11-32-12-9-24)15-14-37-27(31)10-13-33-37/h1-7,10,13,16-17,19,24,32H,8-9,11-12,14-15,18,30-31H2,(H,34,35,39). The minimum absolute atomic E-state index is 0.140. The molecule has 12 nitrogen and oxygen atoms in total. The van der Waals surface area contributed by atoms with E-state index >= 15 is 0 Å². The molecule has 218 valence electrons. The molecule has 0 saturated carbocycles. The number of aromatic amines is 1. The van der Waals surface area contributed by atoms with Crippen molar-refractivity contribution in [1.82, 2.24) is 33.9 Å². The van der Waals surface area contributed by atoms with Crippen molar-refractivity contribution in [1.29, 1.82) is 0 Å². The highest BCUT2D eigenvalue weighted by Gasteiger charge is 2.32. The molecule has 0 amide bonds. The summed E-state index contributed by atoms with van der Waals surface area (Å²) in [4.78, 5) is 20.4. The lowest BCUT2D eigenvalue weighted by atomic mass is 10.1. The number of hydrogen-bond donors (Lipinski definition) is 4. The fourth-order valence-electron chi connectivity index (χ4n) is 5.40. The Morgan fingerprint density at radius 3 is 2.55 bits per heavy atom. The number of rotatable bonds is 9. The Bertz CT molecular complexity index is 1870. The third kappa shape index (κ3) is 5.46. The van der Waals surface area contributed by atoms with Gasteiger partial charge in [-0.1, -0.05) is 24.3 Å². The summed E-state index contributed by atoms with van der Waals surface area (Å²) < 4.78 is 32.9. The van der Waals surface area contributed by atoms with Gasteiger partial charge >= 0.3 is 5.69 Å². The number of benzene rings is 2. The molecule has 6 N–H and O–H groups in total. The summed E-state index contributed by atoms with van der Waals surface area (Å²) in [5.41, 5.74) is 14.6. The van der Waals surface area contributed by atoms with Crippen LogP contribution in [0.4, 0.5) is 5.82 Å². The first-order valence-electron chi connectivity index (χ1n) is 13.9. The number of sulfonamides is 1. The summed E-state index contributed by atoms with van der Waals surface area (Å²) in [6.45, 7) is 2.51. The number of H-pyrrole nitrogens is 1. The van der Waals surface area contributed by atoms with E-state index in [-0.39, 0.29) is 17.5 Å². The van der Waals surface area contributed by atoms with E-state index in [1.165, 1.54) is 4.57 Å². The Labute approximate surface area is 243 Å². The summed E-state index contributed by atoms with van der Waals surface area (Å²) in [6.07, 6.45) is 4.76. The number of nitrogen functional groups attached to an aromatic ring is 1. The van der Waals surface area contributed by atoms with Crippen LogP contribution in [-0.4, -0.2) is 62.7 Å². The Balaban J connectivity index is 1.32. The van der Waals surface area contributed by atoms with Gasteiger partial charge in [0.2, 0.25) is 10.0 Å². The molecule has 6 rings (SSSR count). The van der Waals surface area contributed by atoms with Gasteiger partial charge in [0.25, 0.3) is 0 Å². The van der Waals surface area contributed by atoms with Crippen LogP contribution in [-0.2, 0) is 23.1 Å². The zero-order valence-corrected chi connectivity index (χ0v) is 23.8. The molecule has 42 heavy (non-hydrogen) atoms. The molecule has 1 aliphatic heterocycles. The van der Waals surface area contributed by atoms with Gasteiger partial charge in [-0.3, -0.25) is 4.57 Å². The van der Waals surface area contributed by atoms with Crippen molar-refractivity contribution in [2.24, 2.45) is 5.73 Å². The molecule has 2 aromatic carbocycles. The zero-order valence-electron chi connectivity index (χ0n) is 23.0. The monoisotopic (exact) mass is 587 g/mol. The highest BCUT2D eigenvalue weighted by Crippen LogP contribution is 2.28. The van der Waals surface area contributed by atoms with Crippen LogP contribution >= 0.6 is 0 Å². The topological polar surface area (TPSA) is 170 Å². The second kappa shape index (κ2) is 11.5. The van der Waals surface area contributed by atoms with Gasteiger partial charge in [0.15, 0.2) is 0 Å². The van der Waals surface area contributed by atoms with Crippen molar-refractivity contribution in [3.63, 3.8) is 0 Å². The Morgan fingerprint density at radius 1 is 1.05 bits per heavy atom. The van der Waals surface area contributed by atoms with E-state index in [1.807, 2.05) is 36.4 Å².